The fourth-order valence-electron chi connectivity index (χ4n) is 4.25. The Hall–Kier alpha value is -3.20. The number of rotatable bonds is 5. The fourth-order valence-corrected chi connectivity index (χ4v) is 4.45. The summed E-state index contributed by atoms with van der Waals surface area (Å²) in [7, 11) is 0. The van der Waals surface area contributed by atoms with Crippen LogP contribution >= 0.6 is 11.6 Å². The van der Waals surface area contributed by atoms with Crippen molar-refractivity contribution in [2.45, 2.75) is 45.6 Å². The van der Waals surface area contributed by atoms with Crippen LogP contribution in [-0.4, -0.2) is 35.1 Å². The van der Waals surface area contributed by atoms with Crippen molar-refractivity contribution in [3.8, 4) is 0 Å². The van der Waals surface area contributed by atoms with E-state index in [2.05, 4.69) is 10.3 Å². The van der Waals surface area contributed by atoms with Gasteiger partial charge in [-0.25, -0.2) is 18.6 Å². The molecule has 1 aliphatic heterocycles. The number of hydrogen-bond donors (Lipinski definition) is 2. The van der Waals surface area contributed by atoms with E-state index in [1.54, 1.807) is 24.8 Å². The number of carbonyl (C=O) groups is 1. The highest BCUT2D eigenvalue weighted by Crippen LogP contribution is 2.36. The molecule has 1 fully saturated rings. The van der Waals surface area contributed by atoms with Crippen LogP contribution in [0.1, 0.15) is 53.0 Å². The highest BCUT2D eigenvalue weighted by Gasteiger charge is 2.35. The lowest BCUT2D eigenvalue weighted by Gasteiger charge is -2.33. The van der Waals surface area contributed by atoms with Crippen molar-refractivity contribution in [3.05, 3.63) is 62.0 Å². The zero-order valence-electron chi connectivity index (χ0n) is 18.9. The molecule has 7 nitrogen and oxygen atoms in total. The first-order chi connectivity index (χ1) is 16.0. The second-order valence-electron chi connectivity index (χ2n) is 8.62. The van der Waals surface area contributed by atoms with Crippen LogP contribution in [0.2, 0.25) is 5.02 Å². The summed E-state index contributed by atoms with van der Waals surface area (Å²) >= 11 is 6.24. The molecular formula is C24H24ClF2N3O4. The van der Waals surface area contributed by atoms with Crippen LogP contribution in [-0.2, 0) is 0 Å². The molecule has 1 aliphatic rings. The van der Waals surface area contributed by atoms with Gasteiger partial charge in [-0.2, -0.15) is 0 Å². The molecule has 0 radical (unpaired) electrons. The molecule has 3 aromatic rings. The van der Waals surface area contributed by atoms with Gasteiger partial charge in [0.15, 0.2) is 11.1 Å². The van der Waals surface area contributed by atoms with E-state index < -0.39 is 17.9 Å². The van der Waals surface area contributed by atoms with E-state index in [9.17, 15) is 23.5 Å². The van der Waals surface area contributed by atoms with Crippen LogP contribution in [0.25, 0.3) is 11.0 Å². The van der Waals surface area contributed by atoms with Crippen LogP contribution in [0.4, 0.5) is 20.4 Å². The molecule has 10 heteroatoms. The maximum atomic E-state index is 13.7. The zero-order valence-corrected chi connectivity index (χ0v) is 19.7. The third-order valence-corrected chi connectivity index (χ3v) is 6.39. The second kappa shape index (κ2) is 8.87. The van der Waals surface area contributed by atoms with Crippen LogP contribution in [0.3, 0.4) is 0 Å². The van der Waals surface area contributed by atoms with Crippen molar-refractivity contribution < 1.29 is 23.1 Å². The topological polar surface area (TPSA) is 95.7 Å². The van der Waals surface area contributed by atoms with Crippen molar-refractivity contribution in [2.75, 3.05) is 23.3 Å². The van der Waals surface area contributed by atoms with Gasteiger partial charge < -0.3 is 19.7 Å². The van der Waals surface area contributed by atoms with Crippen molar-refractivity contribution in [2.24, 2.45) is 0 Å². The Kier molecular flexibility index (Phi) is 6.24. The number of halogens is 3. The summed E-state index contributed by atoms with van der Waals surface area (Å²) in [5.41, 5.74) is 1.76. The average molecular weight is 492 g/mol. The smallest absolute Gasteiger partial charge is 0.356 e. The minimum atomic E-state index is -2.73. The number of fused-ring (bicyclic) bond motifs is 1. The van der Waals surface area contributed by atoms with E-state index in [1.807, 2.05) is 13.0 Å². The molecule has 1 atom stereocenters. The van der Waals surface area contributed by atoms with Crippen molar-refractivity contribution in [1.82, 2.24) is 4.98 Å². The maximum Gasteiger partial charge on any atom is 0.356 e. The number of pyridine rings is 1. The van der Waals surface area contributed by atoms with E-state index in [0.717, 1.165) is 5.56 Å². The van der Waals surface area contributed by atoms with E-state index in [-0.39, 0.29) is 53.6 Å². The first kappa shape index (κ1) is 23.9. The van der Waals surface area contributed by atoms with Gasteiger partial charge in [-0.3, -0.25) is 4.79 Å². The Morgan fingerprint density at radius 3 is 2.62 bits per heavy atom. The van der Waals surface area contributed by atoms with Crippen LogP contribution < -0.4 is 15.6 Å². The number of carboxylic acids is 1. The number of anilines is 2. The van der Waals surface area contributed by atoms with Gasteiger partial charge in [0.2, 0.25) is 5.88 Å². The van der Waals surface area contributed by atoms with Gasteiger partial charge in [-0.15, -0.1) is 0 Å². The van der Waals surface area contributed by atoms with Gasteiger partial charge in [-0.05, 0) is 38.5 Å². The van der Waals surface area contributed by atoms with Crippen molar-refractivity contribution in [3.63, 3.8) is 0 Å². The number of alkyl halides is 2. The van der Waals surface area contributed by atoms with Gasteiger partial charge in [-0.1, -0.05) is 17.7 Å². The molecule has 1 saturated heterocycles. The second-order valence-corrected chi connectivity index (χ2v) is 9.03. The number of nitrogens with zero attached hydrogens (tertiary/aromatic N) is 2. The number of nitrogens with one attached hydrogen (secondary N) is 1. The normalized spacial score (nSPS) is 16.5. The molecule has 4 rings (SSSR count). The van der Waals surface area contributed by atoms with Gasteiger partial charge in [0.1, 0.15) is 5.58 Å². The molecular weight excluding hydrogens is 468 g/mol. The Morgan fingerprint density at radius 2 is 1.97 bits per heavy atom. The third-order valence-electron chi connectivity index (χ3n) is 6.08. The quantitative estimate of drug-likeness (QED) is 0.482. The minimum absolute atomic E-state index is 0.0740. The number of benzene rings is 1. The lowest BCUT2D eigenvalue weighted by molar-refractivity contribution is -0.0225. The molecule has 0 bridgehead atoms. The Labute approximate surface area is 199 Å². The van der Waals surface area contributed by atoms with Crippen LogP contribution in [0.5, 0.6) is 0 Å². The summed E-state index contributed by atoms with van der Waals surface area (Å²) in [4.78, 5) is 30.4. The van der Waals surface area contributed by atoms with Gasteiger partial charge in [0.05, 0.1) is 27.7 Å². The minimum Gasteiger partial charge on any atom is -0.476 e. The van der Waals surface area contributed by atoms with Gasteiger partial charge >= 0.3 is 5.97 Å². The van der Waals surface area contributed by atoms with Crippen LogP contribution in [0, 0.1) is 13.8 Å². The van der Waals surface area contributed by atoms with E-state index in [1.165, 1.54) is 12.3 Å². The summed E-state index contributed by atoms with van der Waals surface area (Å²) < 4.78 is 33.6. The van der Waals surface area contributed by atoms with Gasteiger partial charge in [0, 0.05) is 37.7 Å². The Balaban J connectivity index is 1.81. The SMILES string of the molecule is Cc1cc([C@@H](C)Nc2c(Cl)ccnc2C(=O)O)c2oc(N3CCC(F)(F)CC3)c(C)c(=O)c2c1. The standard InChI is InChI=1S/C24H24ClF2N3O4/c1-12-10-15(14(3)29-18-17(25)4-7-28-19(18)23(32)33)21-16(11-12)20(31)13(2)22(34-21)30-8-5-24(26,27)6-9-30/h4,7,10-11,14,29H,5-6,8-9H2,1-3H3,(H,32,33)/t14-/m1/s1. The fraction of sp³-hybridized carbons (Fsp3) is 0.375. The molecule has 0 amide bonds. The van der Waals surface area contributed by atoms with E-state index in [0.29, 0.717) is 22.1 Å². The first-order valence-electron chi connectivity index (χ1n) is 10.8. The molecule has 0 saturated carbocycles. The summed E-state index contributed by atoms with van der Waals surface area (Å²) in [6.07, 6.45) is 0.675. The van der Waals surface area contributed by atoms with E-state index >= 15 is 0 Å². The lowest BCUT2D eigenvalue weighted by Crippen LogP contribution is -2.40. The summed E-state index contributed by atoms with van der Waals surface area (Å²) in [6, 6.07) is 4.51. The number of aryl methyl sites for hydroxylation is 1. The number of aromatic carboxylic acids is 1. The Bertz CT molecular complexity index is 1330. The molecule has 0 spiro atoms. The lowest BCUT2D eigenvalue weighted by atomic mass is 10.00. The summed E-state index contributed by atoms with van der Waals surface area (Å²) in [5, 5.41) is 13.1. The molecule has 0 aliphatic carbocycles. The molecule has 180 valence electrons. The Morgan fingerprint density at radius 1 is 1.29 bits per heavy atom. The van der Waals surface area contributed by atoms with Gasteiger partial charge in [0.25, 0.3) is 5.92 Å². The number of piperidine rings is 1. The van der Waals surface area contributed by atoms with Crippen molar-refractivity contribution >= 4 is 40.1 Å². The predicted octanol–water partition coefficient (Wildman–Crippen LogP) is 5.57. The van der Waals surface area contributed by atoms with Crippen molar-refractivity contribution in [1.29, 1.82) is 0 Å². The monoisotopic (exact) mass is 491 g/mol. The highest BCUT2D eigenvalue weighted by atomic mass is 35.5. The largest absolute Gasteiger partial charge is 0.476 e. The highest BCUT2D eigenvalue weighted by molar-refractivity contribution is 6.33. The first-order valence-corrected chi connectivity index (χ1v) is 11.2. The van der Waals surface area contributed by atoms with Crippen LogP contribution in [0.15, 0.2) is 33.6 Å². The average Bonchev–Trinajstić information content (AvgIpc) is 2.77. The number of aromatic nitrogens is 1. The summed E-state index contributed by atoms with van der Waals surface area (Å²) in [5.74, 6) is -3.69. The molecule has 2 aromatic heterocycles. The number of hydrogen-bond acceptors (Lipinski definition) is 6. The zero-order chi connectivity index (χ0) is 24.8. The van der Waals surface area contributed by atoms with E-state index in [4.69, 9.17) is 16.0 Å². The maximum absolute atomic E-state index is 13.7. The molecule has 0 unspecified atom stereocenters. The third kappa shape index (κ3) is 4.44. The number of carboxylic acid groups (broad SMARTS) is 1. The molecule has 34 heavy (non-hydrogen) atoms. The summed E-state index contributed by atoms with van der Waals surface area (Å²) in [6.45, 7) is 5.40. The predicted molar refractivity (Wildman–Crippen MR) is 127 cm³/mol. The molecule has 3 heterocycles. The molecule has 1 aromatic carbocycles. The molecule has 2 N–H and O–H groups in total.